The lowest BCUT2D eigenvalue weighted by atomic mass is 10.0. The zero-order valence-electron chi connectivity index (χ0n) is 18.2. The highest BCUT2D eigenvalue weighted by Gasteiger charge is 2.27. The van der Waals surface area contributed by atoms with Crippen LogP contribution in [0, 0.1) is 19.8 Å². The summed E-state index contributed by atoms with van der Waals surface area (Å²) in [6.07, 6.45) is 0.322. The molecule has 3 rings (SSSR count). The van der Waals surface area contributed by atoms with Crippen molar-refractivity contribution in [3.63, 3.8) is 0 Å². The number of hydrogen-bond acceptors (Lipinski definition) is 5. The number of nitrogens with one attached hydrogen (secondary N) is 2. The monoisotopic (exact) mass is 445 g/mol. The first-order valence-electron chi connectivity index (χ1n) is 9.98. The van der Waals surface area contributed by atoms with Crippen LogP contribution in [0.3, 0.4) is 0 Å². The maximum atomic E-state index is 13.1. The molecule has 0 unspecified atom stereocenters. The average Bonchev–Trinajstić information content (AvgIpc) is 2.98. The molecule has 0 radical (unpaired) electrons. The van der Waals surface area contributed by atoms with E-state index in [1.165, 1.54) is 29.8 Å². The first kappa shape index (κ1) is 22.8. The van der Waals surface area contributed by atoms with E-state index in [9.17, 15) is 18.0 Å². The molecule has 0 bridgehead atoms. The molecule has 2 N–H and O–H groups in total. The molecule has 1 heterocycles. The molecular formula is C22H27N3O5S. The van der Waals surface area contributed by atoms with E-state index in [-0.39, 0.29) is 16.4 Å². The minimum absolute atomic E-state index is 0.0512. The fraction of sp³-hybridized carbons (Fsp3) is 0.364. The van der Waals surface area contributed by atoms with Gasteiger partial charge in [-0.15, -0.1) is 0 Å². The second-order valence-electron chi connectivity index (χ2n) is 8.10. The quantitative estimate of drug-likeness (QED) is 0.581. The molecule has 9 heteroatoms. The lowest BCUT2D eigenvalue weighted by Crippen LogP contribution is -2.44. The number of aromatic nitrogens is 1. The molecule has 31 heavy (non-hydrogen) atoms. The van der Waals surface area contributed by atoms with E-state index >= 15 is 0 Å². The molecule has 0 aliphatic heterocycles. The van der Waals surface area contributed by atoms with Crippen molar-refractivity contribution in [3.8, 4) is 0 Å². The maximum Gasteiger partial charge on any atom is 0.419 e. The van der Waals surface area contributed by atoms with Gasteiger partial charge in [-0.1, -0.05) is 26.0 Å². The van der Waals surface area contributed by atoms with Gasteiger partial charge in [-0.25, -0.2) is 13.2 Å². The number of anilines is 1. The average molecular weight is 446 g/mol. The van der Waals surface area contributed by atoms with Crippen molar-refractivity contribution in [1.29, 1.82) is 0 Å². The zero-order valence-corrected chi connectivity index (χ0v) is 19.0. The van der Waals surface area contributed by atoms with Gasteiger partial charge in [0.1, 0.15) is 6.04 Å². The van der Waals surface area contributed by atoms with Crippen LogP contribution in [0.1, 0.15) is 31.4 Å². The number of nitrogens with zero attached hydrogens (tertiary/aromatic N) is 1. The smallest absolute Gasteiger partial charge is 0.408 e. The van der Waals surface area contributed by atoms with E-state index in [4.69, 9.17) is 4.42 Å². The zero-order chi connectivity index (χ0) is 22.9. The molecule has 1 amide bonds. The molecule has 166 valence electrons. The Morgan fingerprint density at radius 3 is 2.55 bits per heavy atom. The summed E-state index contributed by atoms with van der Waals surface area (Å²) in [6.45, 7) is 7.68. The van der Waals surface area contributed by atoms with Crippen LogP contribution in [0.15, 0.2) is 50.5 Å². The summed E-state index contributed by atoms with van der Waals surface area (Å²) in [5, 5.41) is 2.85. The van der Waals surface area contributed by atoms with E-state index in [1.54, 1.807) is 6.07 Å². The Labute approximate surface area is 181 Å². The number of sulfonamides is 1. The Morgan fingerprint density at radius 2 is 1.87 bits per heavy atom. The van der Waals surface area contributed by atoms with Gasteiger partial charge >= 0.3 is 5.76 Å². The van der Waals surface area contributed by atoms with Crippen LogP contribution < -0.4 is 15.8 Å². The molecule has 2 aromatic carbocycles. The predicted molar refractivity (Wildman–Crippen MR) is 120 cm³/mol. The van der Waals surface area contributed by atoms with Crippen molar-refractivity contribution >= 4 is 32.7 Å². The minimum Gasteiger partial charge on any atom is -0.408 e. The lowest BCUT2D eigenvalue weighted by Gasteiger charge is -2.21. The van der Waals surface area contributed by atoms with Crippen molar-refractivity contribution in [2.75, 3.05) is 5.32 Å². The van der Waals surface area contributed by atoms with Gasteiger partial charge in [-0.2, -0.15) is 4.72 Å². The number of hydrogen-bond donors (Lipinski definition) is 2. The van der Waals surface area contributed by atoms with E-state index in [0.717, 1.165) is 11.1 Å². The second kappa shape index (κ2) is 8.68. The SMILES string of the molecule is Cc1cccc(NC(=O)[C@H](CC(C)C)NS(=O)(=O)c2ccc3oc(=O)n(C)c3c2)c1C. The Bertz CT molecular complexity index is 1290. The third kappa shape index (κ3) is 4.88. The van der Waals surface area contributed by atoms with Crippen LogP contribution in [-0.4, -0.2) is 24.9 Å². The number of fused-ring (bicyclic) bond motifs is 1. The molecule has 1 atom stereocenters. The fourth-order valence-corrected chi connectivity index (χ4v) is 4.54. The van der Waals surface area contributed by atoms with Crippen LogP contribution in [0.2, 0.25) is 0 Å². The van der Waals surface area contributed by atoms with E-state index in [1.807, 2.05) is 39.8 Å². The highest BCUT2D eigenvalue weighted by atomic mass is 32.2. The molecule has 0 saturated heterocycles. The number of aryl methyl sites for hydroxylation is 2. The molecular weight excluding hydrogens is 418 g/mol. The van der Waals surface area contributed by atoms with Gasteiger partial charge in [-0.05, 0) is 61.6 Å². The largest absolute Gasteiger partial charge is 0.419 e. The molecule has 0 aliphatic carbocycles. The lowest BCUT2D eigenvalue weighted by molar-refractivity contribution is -0.118. The van der Waals surface area contributed by atoms with Crippen LogP contribution in [0.5, 0.6) is 0 Å². The predicted octanol–water partition coefficient (Wildman–Crippen LogP) is 3.08. The molecule has 1 aromatic heterocycles. The minimum atomic E-state index is -4.03. The summed E-state index contributed by atoms with van der Waals surface area (Å²) in [7, 11) is -2.53. The van der Waals surface area contributed by atoms with Gasteiger partial charge in [-0.3, -0.25) is 9.36 Å². The summed E-state index contributed by atoms with van der Waals surface area (Å²) >= 11 is 0. The van der Waals surface area contributed by atoms with E-state index in [0.29, 0.717) is 17.6 Å². The summed E-state index contributed by atoms with van der Waals surface area (Å²) in [5.74, 6) is -0.930. The van der Waals surface area contributed by atoms with Gasteiger partial charge in [0.2, 0.25) is 15.9 Å². The van der Waals surface area contributed by atoms with Crippen molar-refractivity contribution in [2.45, 2.75) is 45.1 Å². The number of benzene rings is 2. The highest BCUT2D eigenvalue weighted by Crippen LogP contribution is 2.21. The first-order chi connectivity index (χ1) is 14.5. The van der Waals surface area contributed by atoms with Crippen LogP contribution in [-0.2, 0) is 21.9 Å². The number of carbonyl (C=O) groups excluding carboxylic acids is 1. The van der Waals surface area contributed by atoms with Gasteiger partial charge in [0.05, 0.1) is 10.4 Å². The normalized spacial score (nSPS) is 13.0. The van der Waals surface area contributed by atoms with Gasteiger partial charge in [0.25, 0.3) is 0 Å². The van der Waals surface area contributed by atoms with Crippen LogP contribution in [0.25, 0.3) is 11.1 Å². The Balaban J connectivity index is 1.90. The van der Waals surface area contributed by atoms with E-state index in [2.05, 4.69) is 10.0 Å². The number of rotatable bonds is 7. The number of amides is 1. The van der Waals surface area contributed by atoms with Gasteiger partial charge < -0.3 is 9.73 Å². The van der Waals surface area contributed by atoms with Gasteiger partial charge in [0, 0.05) is 12.7 Å². The van der Waals surface area contributed by atoms with Crippen molar-refractivity contribution in [1.82, 2.24) is 9.29 Å². The fourth-order valence-electron chi connectivity index (χ4n) is 3.32. The van der Waals surface area contributed by atoms with Crippen molar-refractivity contribution in [3.05, 3.63) is 58.1 Å². The number of oxazole rings is 1. The first-order valence-corrected chi connectivity index (χ1v) is 11.5. The third-order valence-electron chi connectivity index (χ3n) is 5.26. The molecule has 0 aliphatic rings. The van der Waals surface area contributed by atoms with Crippen LogP contribution >= 0.6 is 0 Å². The highest BCUT2D eigenvalue weighted by molar-refractivity contribution is 7.89. The maximum absolute atomic E-state index is 13.1. The topological polar surface area (TPSA) is 110 Å². The molecule has 0 saturated carbocycles. The standard InChI is InChI=1S/C22H27N3O5S/c1-13(2)11-18(21(26)23-17-8-6-7-14(3)15(17)4)24-31(28,29)16-9-10-20-19(12-16)25(5)22(27)30-20/h6-10,12-13,18,24H,11H2,1-5H3,(H,23,26)/t18-/m0/s1. The van der Waals surface area contributed by atoms with Crippen LogP contribution in [0.4, 0.5) is 5.69 Å². The number of carbonyl (C=O) groups is 1. The molecule has 0 fully saturated rings. The molecule has 0 spiro atoms. The summed E-state index contributed by atoms with van der Waals surface area (Å²) < 4.78 is 34.9. The Kier molecular flexibility index (Phi) is 6.38. The molecule has 3 aromatic rings. The second-order valence-corrected chi connectivity index (χ2v) is 9.81. The van der Waals surface area contributed by atoms with E-state index < -0.39 is 27.7 Å². The Morgan fingerprint density at radius 1 is 1.16 bits per heavy atom. The Hall–Kier alpha value is -2.91. The summed E-state index contributed by atoms with van der Waals surface area (Å²) in [4.78, 5) is 24.6. The third-order valence-corrected chi connectivity index (χ3v) is 6.73. The molecule has 8 nitrogen and oxygen atoms in total. The van der Waals surface area contributed by atoms with Crippen molar-refractivity contribution in [2.24, 2.45) is 13.0 Å². The van der Waals surface area contributed by atoms with Gasteiger partial charge in [0.15, 0.2) is 5.58 Å². The van der Waals surface area contributed by atoms with Crippen molar-refractivity contribution < 1.29 is 17.6 Å². The summed E-state index contributed by atoms with van der Waals surface area (Å²) in [6, 6.07) is 8.74. The summed E-state index contributed by atoms with van der Waals surface area (Å²) in [5.41, 5.74) is 3.24.